The molecular formula is C16H15N5O2S2. The highest BCUT2D eigenvalue weighted by molar-refractivity contribution is 8.00. The number of carbonyl (C=O) groups is 2. The number of nitrogens with one attached hydrogen (secondary N) is 1. The molecule has 1 aromatic carbocycles. The van der Waals surface area contributed by atoms with Gasteiger partial charge in [-0.15, -0.1) is 16.4 Å². The van der Waals surface area contributed by atoms with Crippen LogP contribution in [0.1, 0.15) is 17.3 Å². The Morgan fingerprint density at radius 3 is 2.76 bits per heavy atom. The molecule has 0 saturated heterocycles. The largest absolute Gasteiger partial charge is 0.366 e. The average molecular weight is 373 g/mol. The van der Waals surface area contributed by atoms with Crippen molar-refractivity contribution in [1.82, 2.24) is 14.8 Å². The van der Waals surface area contributed by atoms with Crippen LogP contribution >= 0.6 is 23.1 Å². The van der Waals surface area contributed by atoms with E-state index in [2.05, 4.69) is 15.4 Å². The maximum atomic E-state index is 12.3. The van der Waals surface area contributed by atoms with Crippen LogP contribution in [0.5, 0.6) is 0 Å². The van der Waals surface area contributed by atoms with Crippen LogP contribution in [0.2, 0.25) is 0 Å². The smallest absolute Gasteiger partial charge is 0.251 e. The van der Waals surface area contributed by atoms with Crippen LogP contribution in [0.3, 0.4) is 0 Å². The van der Waals surface area contributed by atoms with Crippen LogP contribution in [0.15, 0.2) is 53.3 Å². The van der Waals surface area contributed by atoms with Gasteiger partial charge in [0.15, 0.2) is 0 Å². The summed E-state index contributed by atoms with van der Waals surface area (Å²) in [6, 6.07) is 11.2. The van der Waals surface area contributed by atoms with Crippen molar-refractivity contribution in [2.24, 2.45) is 5.73 Å². The summed E-state index contributed by atoms with van der Waals surface area (Å²) in [5.41, 5.74) is 6.48. The minimum atomic E-state index is -0.569. The Balaban J connectivity index is 1.65. The molecule has 0 bridgehead atoms. The Morgan fingerprint density at radius 2 is 2.04 bits per heavy atom. The molecule has 9 heteroatoms. The third-order valence-corrected chi connectivity index (χ3v) is 5.11. The number of thiophene rings is 1. The molecule has 0 saturated carbocycles. The summed E-state index contributed by atoms with van der Waals surface area (Å²) in [6.07, 6.45) is 1.60. The van der Waals surface area contributed by atoms with Gasteiger partial charge in [-0.05, 0) is 30.5 Å². The zero-order chi connectivity index (χ0) is 17.8. The number of rotatable bonds is 6. The first-order valence-electron chi connectivity index (χ1n) is 7.36. The topological polar surface area (TPSA) is 103 Å². The molecule has 25 heavy (non-hydrogen) atoms. The van der Waals surface area contributed by atoms with Crippen molar-refractivity contribution in [2.75, 3.05) is 5.32 Å². The Labute approximate surface area is 152 Å². The maximum Gasteiger partial charge on any atom is 0.251 e. The van der Waals surface area contributed by atoms with Gasteiger partial charge in [0.1, 0.15) is 11.3 Å². The van der Waals surface area contributed by atoms with Gasteiger partial charge in [-0.1, -0.05) is 30.0 Å². The van der Waals surface area contributed by atoms with E-state index in [9.17, 15) is 9.59 Å². The second-order valence-corrected chi connectivity index (χ2v) is 7.31. The average Bonchev–Trinajstić information content (AvgIpc) is 3.25. The molecular weight excluding hydrogens is 358 g/mol. The molecule has 128 valence electrons. The lowest BCUT2D eigenvalue weighted by atomic mass is 10.3. The highest BCUT2D eigenvalue weighted by Crippen LogP contribution is 2.25. The summed E-state index contributed by atoms with van der Waals surface area (Å²) in [7, 11) is 0. The van der Waals surface area contributed by atoms with E-state index in [1.165, 1.54) is 23.1 Å². The SMILES string of the molecule is C[C@@H](Sc1ncn(-c2ccccc2)n1)C(=O)Nc1sccc1C(N)=O. The zero-order valence-corrected chi connectivity index (χ0v) is 14.9. The molecule has 3 aromatic rings. The molecule has 1 atom stereocenters. The summed E-state index contributed by atoms with van der Waals surface area (Å²) in [5.74, 6) is -0.814. The molecule has 2 heterocycles. The lowest BCUT2D eigenvalue weighted by Gasteiger charge is -2.09. The first-order chi connectivity index (χ1) is 12.0. The number of primary amides is 1. The van der Waals surface area contributed by atoms with E-state index in [1.807, 2.05) is 30.3 Å². The predicted molar refractivity (Wildman–Crippen MR) is 98.1 cm³/mol. The summed E-state index contributed by atoms with van der Waals surface area (Å²) < 4.78 is 1.65. The van der Waals surface area contributed by atoms with E-state index < -0.39 is 11.2 Å². The van der Waals surface area contributed by atoms with E-state index in [0.29, 0.717) is 15.7 Å². The Bertz CT molecular complexity index is 891. The van der Waals surface area contributed by atoms with Crippen molar-refractivity contribution in [3.8, 4) is 5.69 Å². The van der Waals surface area contributed by atoms with Crippen molar-refractivity contribution in [3.63, 3.8) is 0 Å². The molecule has 2 amide bonds. The van der Waals surface area contributed by atoms with E-state index in [-0.39, 0.29) is 5.91 Å². The molecule has 0 aliphatic carbocycles. The number of hydrogen-bond acceptors (Lipinski definition) is 6. The molecule has 0 aliphatic rings. The van der Waals surface area contributed by atoms with Gasteiger partial charge in [0, 0.05) is 0 Å². The number of anilines is 1. The molecule has 0 radical (unpaired) electrons. The summed E-state index contributed by atoms with van der Waals surface area (Å²) >= 11 is 2.49. The van der Waals surface area contributed by atoms with E-state index >= 15 is 0 Å². The van der Waals surface area contributed by atoms with Crippen molar-refractivity contribution >= 4 is 39.9 Å². The predicted octanol–water partition coefficient (Wildman–Crippen LogP) is 2.55. The highest BCUT2D eigenvalue weighted by Gasteiger charge is 2.20. The Morgan fingerprint density at radius 1 is 1.28 bits per heavy atom. The number of amides is 2. The number of hydrogen-bond donors (Lipinski definition) is 2. The Hall–Kier alpha value is -2.65. The number of nitrogens with zero attached hydrogens (tertiary/aromatic N) is 3. The summed E-state index contributed by atoms with van der Waals surface area (Å²) in [6.45, 7) is 1.75. The fourth-order valence-corrected chi connectivity index (χ4v) is 3.55. The molecule has 2 aromatic heterocycles. The minimum Gasteiger partial charge on any atom is -0.366 e. The van der Waals surface area contributed by atoms with Gasteiger partial charge in [-0.3, -0.25) is 9.59 Å². The minimum absolute atomic E-state index is 0.244. The van der Waals surface area contributed by atoms with Crippen molar-refractivity contribution < 1.29 is 9.59 Å². The third-order valence-electron chi connectivity index (χ3n) is 3.31. The Kier molecular flexibility index (Phi) is 5.15. The molecule has 0 aliphatic heterocycles. The van der Waals surface area contributed by atoms with Crippen LogP contribution < -0.4 is 11.1 Å². The number of nitrogens with two attached hydrogens (primary N) is 1. The molecule has 7 nitrogen and oxygen atoms in total. The molecule has 3 rings (SSSR count). The van der Waals surface area contributed by atoms with Crippen LogP contribution in [0, 0.1) is 0 Å². The fraction of sp³-hybridized carbons (Fsp3) is 0.125. The lowest BCUT2D eigenvalue weighted by molar-refractivity contribution is -0.115. The zero-order valence-electron chi connectivity index (χ0n) is 13.2. The lowest BCUT2D eigenvalue weighted by Crippen LogP contribution is -2.23. The monoisotopic (exact) mass is 373 g/mol. The van der Waals surface area contributed by atoms with Crippen LogP contribution in [-0.2, 0) is 4.79 Å². The second kappa shape index (κ2) is 7.49. The number of aromatic nitrogens is 3. The maximum absolute atomic E-state index is 12.3. The number of para-hydroxylation sites is 1. The number of thioether (sulfide) groups is 1. The van der Waals surface area contributed by atoms with Gasteiger partial charge in [-0.25, -0.2) is 9.67 Å². The summed E-state index contributed by atoms with van der Waals surface area (Å²) in [4.78, 5) is 27.9. The highest BCUT2D eigenvalue weighted by atomic mass is 32.2. The van der Waals surface area contributed by atoms with Crippen molar-refractivity contribution in [2.45, 2.75) is 17.3 Å². The van der Waals surface area contributed by atoms with Gasteiger partial charge in [0.05, 0.1) is 16.5 Å². The van der Waals surface area contributed by atoms with Gasteiger partial charge >= 0.3 is 0 Å². The van der Waals surface area contributed by atoms with Gasteiger partial charge in [-0.2, -0.15) is 0 Å². The van der Waals surface area contributed by atoms with Crippen LogP contribution in [0.4, 0.5) is 5.00 Å². The van der Waals surface area contributed by atoms with Crippen LogP contribution in [0.25, 0.3) is 5.69 Å². The van der Waals surface area contributed by atoms with E-state index in [4.69, 9.17) is 5.73 Å². The normalized spacial score (nSPS) is 11.9. The number of benzene rings is 1. The third kappa shape index (κ3) is 4.06. The van der Waals surface area contributed by atoms with Crippen molar-refractivity contribution in [1.29, 1.82) is 0 Å². The summed E-state index contributed by atoms with van der Waals surface area (Å²) in [5, 5.41) is 9.30. The van der Waals surface area contributed by atoms with Crippen LogP contribution in [-0.4, -0.2) is 31.8 Å². The molecule has 0 unspecified atom stereocenters. The quantitative estimate of drug-likeness (QED) is 0.646. The molecule has 3 N–H and O–H groups in total. The molecule has 0 spiro atoms. The standard InChI is InChI=1S/C16H15N5O2S2/c1-10(14(23)19-15-12(13(17)22)7-8-24-15)25-16-18-9-21(20-16)11-5-3-2-4-6-11/h2-10H,1H3,(H2,17,22)(H,19,23)/t10-/m1/s1. The van der Waals surface area contributed by atoms with Gasteiger partial charge in [0.2, 0.25) is 11.1 Å². The van der Waals surface area contributed by atoms with Gasteiger partial charge < -0.3 is 11.1 Å². The van der Waals surface area contributed by atoms with Crippen molar-refractivity contribution in [3.05, 3.63) is 53.7 Å². The van der Waals surface area contributed by atoms with E-state index in [1.54, 1.807) is 29.4 Å². The second-order valence-electron chi connectivity index (χ2n) is 5.08. The molecule has 0 fully saturated rings. The first-order valence-corrected chi connectivity index (χ1v) is 9.12. The number of carbonyl (C=O) groups excluding carboxylic acids is 2. The van der Waals surface area contributed by atoms with E-state index in [0.717, 1.165) is 5.69 Å². The first kappa shape index (κ1) is 17.2. The van der Waals surface area contributed by atoms with Gasteiger partial charge in [0.25, 0.3) is 5.91 Å². The fourth-order valence-electron chi connectivity index (χ4n) is 2.03.